The number of rotatable bonds is 5. The van der Waals surface area contributed by atoms with Crippen LogP contribution in [0.5, 0.6) is 0 Å². The van der Waals surface area contributed by atoms with Crippen LogP contribution in [0.25, 0.3) is 0 Å². The van der Waals surface area contributed by atoms with E-state index in [2.05, 4.69) is 15.2 Å². The lowest BCUT2D eigenvalue weighted by Gasteiger charge is -2.35. The summed E-state index contributed by atoms with van der Waals surface area (Å²) in [5, 5.41) is 3.36. The van der Waals surface area contributed by atoms with Crippen molar-refractivity contribution in [3.05, 3.63) is 45.2 Å². The van der Waals surface area contributed by atoms with Gasteiger partial charge in [-0.2, -0.15) is 0 Å². The molecule has 1 saturated heterocycles. The Hall–Kier alpha value is -2.22. The van der Waals surface area contributed by atoms with Crippen molar-refractivity contribution in [1.82, 2.24) is 4.98 Å². The zero-order valence-corrected chi connectivity index (χ0v) is 17.0. The predicted molar refractivity (Wildman–Crippen MR) is 112 cm³/mol. The minimum absolute atomic E-state index is 0.174. The molecule has 9 heteroatoms. The molecule has 0 spiro atoms. The average molecular weight is 424 g/mol. The van der Waals surface area contributed by atoms with Crippen LogP contribution in [0.1, 0.15) is 39.4 Å². The molecule has 1 unspecified atom stereocenters. The SMILES string of the molecule is Cc1[nH]c(C(=O)Nc2ccc(C(N)=O)cc2N2CCCC(CN)C2)c(Cl)c1Cl. The van der Waals surface area contributed by atoms with Crippen LogP contribution in [0.4, 0.5) is 11.4 Å². The summed E-state index contributed by atoms with van der Waals surface area (Å²) in [5.74, 6) is -0.587. The maximum Gasteiger partial charge on any atom is 0.273 e. The largest absolute Gasteiger partial charge is 0.370 e. The third-order valence-corrected chi connectivity index (χ3v) is 5.95. The summed E-state index contributed by atoms with van der Waals surface area (Å²) in [4.78, 5) is 29.4. The lowest BCUT2D eigenvalue weighted by molar-refractivity contribution is 0.0998. The van der Waals surface area contributed by atoms with Gasteiger partial charge in [0.2, 0.25) is 5.91 Å². The van der Waals surface area contributed by atoms with Gasteiger partial charge in [-0.05, 0) is 50.4 Å². The van der Waals surface area contributed by atoms with E-state index in [1.807, 2.05) is 0 Å². The van der Waals surface area contributed by atoms with Crippen LogP contribution in [0.2, 0.25) is 10.0 Å². The van der Waals surface area contributed by atoms with Crippen molar-refractivity contribution in [2.24, 2.45) is 17.4 Å². The second-order valence-electron chi connectivity index (χ2n) is 6.99. The Kier molecular flexibility index (Phi) is 6.17. The number of nitrogens with two attached hydrogens (primary N) is 2. The molecule has 2 amide bonds. The Morgan fingerprint density at radius 2 is 2.07 bits per heavy atom. The number of halogens is 2. The summed E-state index contributed by atoms with van der Waals surface area (Å²) in [7, 11) is 0. The number of amides is 2. The van der Waals surface area contributed by atoms with E-state index in [4.69, 9.17) is 34.7 Å². The first-order valence-corrected chi connectivity index (χ1v) is 9.81. The fourth-order valence-corrected chi connectivity index (χ4v) is 3.86. The molecule has 0 radical (unpaired) electrons. The molecule has 1 aromatic carbocycles. The third-order valence-electron chi connectivity index (χ3n) is 5.00. The Labute approximate surface area is 173 Å². The number of H-pyrrole nitrogens is 1. The second-order valence-corrected chi connectivity index (χ2v) is 7.75. The number of hydrogen-bond donors (Lipinski definition) is 4. The second kappa shape index (κ2) is 8.43. The number of carbonyl (C=O) groups is 2. The van der Waals surface area contributed by atoms with Crippen LogP contribution in [0, 0.1) is 12.8 Å². The fourth-order valence-electron chi connectivity index (χ4n) is 3.44. The Morgan fingerprint density at radius 1 is 1.32 bits per heavy atom. The highest BCUT2D eigenvalue weighted by molar-refractivity contribution is 6.44. The van der Waals surface area contributed by atoms with Crippen molar-refractivity contribution < 1.29 is 9.59 Å². The maximum atomic E-state index is 12.8. The van der Waals surface area contributed by atoms with Gasteiger partial charge in [-0.25, -0.2) is 0 Å². The van der Waals surface area contributed by atoms with Gasteiger partial charge in [0.25, 0.3) is 5.91 Å². The van der Waals surface area contributed by atoms with Crippen molar-refractivity contribution in [2.45, 2.75) is 19.8 Å². The monoisotopic (exact) mass is 423 g/mol. The molecule has 0 bridgehead atoms. The molecule has 1 fully saturated rings. The lowest BCUT2D eigenvalue weighted by atomic mass is 9.97. The van der Waals surface area contributed by atoms with Crippen LogP contribution in [-0.4, -0.2) is 36.4 Å². The van der Waals surface area contributed by atoms with Crippen LogP contribution < -0.4 is 21.7 Å². The number of hydrogen-bond acceptors (Lipinski definition) is 4. The van der Waals surface area contributed by atoms with Crippen molar-refractivity contribution in [1.29, 1.82) is 0 Å². The van der Waals surface area contributed by atoms with Crippen LogP contribution in [-0.2, 0) is 0 Å². The summed E-state index contributed by atoms with van der Waals surface area (Å²) in [6.45, 7) is 3.87. The number of nitrogens with zero attached hydrogens (tertiary/aromatic N) is 1. The number of aromatic nitrogens is 1. The standard InChI is InChI=1S/C19H23Cl2N5O2/c1-10-15(20)16(21)17(24-10)19(28)25-13-5-4-12(18(23)27)7-14(13)26-6-2-3-11(8-22)9-26/h4-5,7,11,24H,2-3,6,8-9,22H2,1H3,(H2,23,27)(H,25,28). The highest BCUT2D eigenvalue weighted by Gasteiger charge is 2.24. The number of aryl methyl sites for hydroxylation is 1. The minimum atomic E-state index is -0.527. The van der Waals surface area contributed by atoms with E-state index in [1.165, 1.54) is 0 Å². The molecule has 28 heavy (non-hydrogen) atoms. The number of carbonyl (C=O) groups excluding carboxylic acids is 2. The summed E-state index contributed by atoms with van der Waals surface area (Å²) < 4.78 is 0. The number of piperidine rings is 1. The minimum Gasteiger partial charge on any atom is -0.370 e. The molecule has 150 valence electrons. The van der Waals surface area contributed by atoms with Gasteiger partial charge in [0.1, 0.15) is 5.69 Å². The van der Waals surface area contributed by atoms with Gasteiger partial charge in [-0.3, -0.25) is 9.59 Å². The summed E-state index contributed by atoms with van der Waals surface area (Å²) >= 11 is 12.2. The van der Waals surface area contributed by atoms with Gasteiger partial charge < -0.3 is 26.7 Å². The van der Waals surface area contributed by atoms with Gasteiger partial charge in [0.05, 0.1) is 21.4 Å². The van der Waals surface area contributed by atoms with E-state index in [1.54, 1.807) is 25.1 Å². The molecule has 6 N–H and O–H groups in total. The van der Waals surface area contributed by atoms with Crippen LogP contribution in [0.15, 0.2) is 18.2 Å². The summed E-state index contributed by atoms with van der Waals surface area (Å²) in [5.41, 5.74) is 13.8. The molecular weight excluding hydrogens is 401 g/mol. The maximum absolute atomic E-state index is 12.8. The molecule has 0 saturated carbocycles. The molecule has 2 aromatic rings. The lowest BCUT2D eigenvalue weighted by Crippen LogP contribution is -2.39. The van der Waals surface area contributed by atoms with E-state index >= 15 is 0 Å². The number of benzene rings is 1. The molecule has 3 rings (SSSR count). The topological polar surface area (TPSA) is 117 Å². The average Bonchev–Trinajstić information content (AvgIpc) is 2.95. The predicted octanol–water partition coefficient (Wildman–Crippen LogP) is 3.16. The van der Waals surface area contributed by atoms with Gasteiger partial charge >= 0.3 is 0 Å². The van der Waals surface area contributed by atoms with Gasteiger partial charge in [0.15, 0.2) is 0 Å². The van der Waals surface area contributed by atoms with E-state index in [9.17, 15) is 9.59 Å². The molecular formula is C19H23Cl2N5O2. The molecule has 1 aliphatic rings. The van der Waals surface area contributed by atoms with Crippen LogP contribution in [0.3, 0.4) is 0 Å². The molecule has 1 aliphatic heterocycles. The van der Waals surface area contributed by atoms with Gasteiger partial charge in [0, 0.05) is 24.3 Å². The van der Waals surface area contributed by atoms with Crippen molar-refractivity contribution in [3.8, 4) is 0 Å². The summed E-state index contributed by atoms with van der Waals surface area (Å²) in [6.07, 6.45) is 2.04. The molecule has 7 nitrogen and oxygen atoms in total. The van der Waals surface area contributed by atoms with Crippen molar-refractivity contribution in [3.63, 3.8) is 0 Å². The zero-order chi connectivity index (χ0) is 20.4. The molecule has 1 atom stereocenters. The number of anilines is 2. The summed E-state index contributed by atoms with van der Waals surface area (Å²) in [6, 6.07) is 4.95. The Morgan fingerprint density at radius 3 is 2.68 bits per heavy atom. The van der Waals surface area contributed by atoms with Crippen molar-refractivity contribution >= 4 is 46.4 Å². The fraction of sp³-hybridized carbons (Fsp3) is 0.368. The molecule has 1 aromatic heterocycles. The first-order valence-electron chi connectivity index (χ1n) is 9.05. The van der Waals surface area contributed by atoms with Gasteiger partial charge in [-0.1, -0.05) is 23.2 Å². The quantitative estimate of drug-likeness (QED) is 0.590. The Bertz CT molecular complexity index is 912. The smallest absolute Gasteiger partial charge is 0.273 e. The third kappa shape index (κ3) is 4.11. The normalized spacial score (nSPS) is 16.9. The van der Waals surface area contributed by atoms with E-state index in [0.717, 1.165) is 31.6 Å². The number of aromatic amines is 1. The first-order chi connectivity index (χ1) is 13.3. The number of primary amides is 1. The van der Waals surface area contributed by atoms with E-state index in [-0.39, 0.29) is 10.7 Å². The van der Waals surface area contributed by atoms with Crippen LogP contribution >= 0.6 is 23.2 Å². The molecule has 2 heterocycles. The highest BCUT2D eigenvalue weighted by atomic mass is 35.5. The molecule has 0 aliphatic carbocycles. The highest BCUT2D eigenvalue weighted by Crippen LogP contribution is 2.33. The van der Waals surface area contributed by atoms with E-state index in [0.29, 0.717) is 34.4 Å². The van der Waals surface area contributed by atoms with Gasteiger partial charge in [-0.15, -0.1) is 0 Å². The van der Waals surface area contributed by atoms with E-state index < -0.39 is 11.8 Å². The Balaban J connectivity index is 1.94. The first kappa shape index (κ1) is 20.5. The van der Waals surface area contributed by atoms with Crippen molar-refractivity contribution in [2.75, 3.05) is 29.9 Å². The number of nitrogens with one attached hydrogen (secondary N) is 2. The zero-order valence-electron chi connectivity index (χ0n) is 15.5.